The fourth-order valence-electron chi connectivity index (χ4n) is 2.52. The molecule has 0 amide bonds. The van der Waals surface area contributed by atoms with Crippen molar-refractivity contribution in [2.24, 2.45) is 5.73 Å². The number of halogens is 1. The van der Waals surface area contributed by atoms with Gasteiger partial charge in [-0.25, -0.2) is 4.39 Å². The summed E-state index contributed by atoms with van der Waals surface area (Å²) in [7, 11) is 0. The maximum atomic E-state index is 13.6. The smallest absolute Gasteiger partial charge is 0.244 e. The van der Waals surface area contributed by atoms with E-state index >= 15 is 0 Å². The van der Waals surface area contributed by atoms with Crippen LogP contribution in [-0.4, -0.2) is 34.3 Å². The van der Waals surface area contributed by atoms with Gasteiger partial charge in [0.15, 0.2) is 0 Å². The molecule has 0 bridgehead atoms. The monoisotopic (exact) mass is 275 g/mol. The highest BCUT2D eigenvalue weighted by Gasteiger charge is 2.20. The molecule has 0 saturated carbocycles. The van der Waals surface area contributed by atoms with Crippen LogP contribution in [0.1, 0.15) is 24.2 Å². The predicted octanol–water partition coefficient (Wildman–Crippen LogP) is 1.46. The molecule has 3 rings (SSSR count). The van der Waals surface area contributed by atoms with Crippen molar-refractivity contribution in [2.75, 3.05) is 18.0 Å². The first-order valence-electron chi connectivity index (χ1n) is 6.87. The summed E-state index contributed by atoms with van der Waals surface area (Å²) in [6.07, 6.45) is 2.51. The molecule has 3 N–H and O–H groups in total. The van der Waals surface area contributed by atoms with Crippen LogP contribution in [0.15, 0.2) is 24.3 Å². The van der Waals surface area contributed by atoms with E-state index in [1.807, 2.05) is 6.07 Å². The number of benzene rings is 1. The fourth-order valence-corrected chi connectivity index (χ4v) is 2.52. The van der Waals surface area contributed by atoms with Gasteiger partial charge in [-0.1, -0.05) is 18.2 Å². The zero-order valence-electron chi connectivity index (χ0n) is 11.2. The molecule has 1 unspecified atom stereocenters. The van der Waals surface area contributed by atoms with Crippen LogP contribution in [-0.2, 0) is 6.42 Å². The predicted molar refractivity (Wildman–Crippen MR) is 75.0 cm³/mol. The molecule has 106 valence electrons. The molecule has 1 aliphatic rings. The third-order valence-electron chi connectivity index (χ3n) is 3.58. The van der Waals surface area contributed by atoms with Crippen molar-refractivity contribution >= 4 is 5.95 Å². The number of aromatic amines is 1. The Morgan fingerprint density at radius 1 is 1.40 bits per heavy atom. The molecule has 0 aliphatic carbocycles. The van der Waals surface area contributed by atoms with Crippen molar-refractivity contribution in [3.63, 3.8) is 0 Å². The van der Waals surface area contributed by atoms with Crippen LogP contribution in [0.25, 0.3) is 0 Å². The third kappa shape index (κ3) is 2.80. The second-order valence-electron chi connectivity index (χ2n) is 5.20. The molecule has 5 nitrogen and oxygen atoms in total. The highest BCUT2D eigenvalue weighted by Crippen LogP contribution is 2.16. The number of nitrogens with one attached hydrogen (secondary N) is 1. The van der Waals surface area contributed by atoms with Gasteiger partial charge in [-0.05, 0) is 24.5 Å². The van der Waals surface area contributed by atoms with Crippen molar-refractivity contribution in [1.82, 2.24) is 15.2 Å². The maximum Gasteiger partial charge on any atom is 0.244 e. The van der Waals surface area contributed by atoms with Crippen LogP contribution in [0.4, 0.5) is 10.3 Å². The van der Waals surface area contributed by atoms with E-state index in [4.69, 9.17) is 5.73 Å². The lowest BCUT2D eigenvalue weighted by Gasteiger charge is -2.29. The van der Waals surface area contributed by atoms with Gasteiger partial charge >= 0.3 is 0 Å². The molecule has 1 saturated heterocycles. The van der Waals surface area contributed by atoms with E-state index in [0.29, 0.717) is 23.8 Å². The minimum absolute atomic E-state index is 0.178. The number of piperidine rings is 1. The number of nitrogens with zero attached hydrogens (tertiary/aromatic N) is 3. The molecule has 1 fully saturated rings. The molecular formula is C14H18FN5. The summed E-state index contributed by atoms with van der Waals surface area (Å²) in [4.78, 5) is 6.52. The molecule has 0 spiro atoms. The Morgan fingerprint density at radius 3 is 3.05 bits per heavy atom. The van der Waals surface area contributed by atoms with Crippen LogP contribution in [0.2, 0.25) is 0 Å². The summed E-state index contributed by atoms with van der Waals surface area (Å²) in [5, 5.41) is 7.10. The van der Waals surface area contributed by atoms with Crippen molar-refractivity contribution in [2.45, 2.75) is 25.3 Å². The Balaban J connectivity index is 1.72. The number of hydrogen-bond acceptors (Lipinski definition) is 4. The number of aromatic nitrogens is 3. The van der Waals surface area contributed by atoms with Crippen LogP contribution in [0.5, 0.6) is 0 Å². The van der Waals surface area contributed by atoms with Gasteiger partial charge in [0.1, 0.15) is 11.6 Å². The number of nitrogens with two attached hydrogens (primary N) is 1. The number of rotatable bonds is 3. The lowest BCUT2D eigenvalue weighted by atomic mass is 10.1. The van der Waals surface area contributed by atoms with Crippen LogP contribution >= 0.6 is 0 Å². The summed E-state index contributed by atoms with van der Waals surface area (Å²) in [5.41, 5.74) is 6.57. The normalized spacial score (nSPS) is 19.3. The first-order chi connectivity index (χ1) is 9.72. The number of anilines is 1. The molecule has 1 atom stereocenters. The second kappa shape index (κ2) is 5.58. The van der Waals surface area contributed by atoms with Gasteiger partial charge < -0.3 is 10.6 Å². The van der Waals surface area contributed by atoms with Gasteiger partial charge in [0.05, 0.1) is 0 Å². The Bertz CT molecular complexity index is 582. The van der Waals surface area contributed by atoms with Gasteiger partial charge in [-0.3, -0.25) is 5.10 Å². The molecule has 0 radical (unpaired) electrons. The minimum Gasteiger partial charge on any atom is -0.338 e. The Labute approximate surface area is 117 Å². The average Bonchev–Trinajstić information content (AvgIpc) is 2.90. The van der Waals surface area contributed by atoms with Gasteiger partial charge in [-0.15, -0.1) is 5.10 Å². The van der Waals surface area contributed by atoms with E-state index in [1.165, 1.54) is 6.07 Å². The molecule has 2 heterocycles. The molecule has 2 aromatic rings. The summed E-state index contributed by atoms with van der Waals surface area (Å²) < 4.78 is 13.6. The first-order valence-corrected chi connectivity index (χ1v) is 6.87. The maximum absolute atomic E-state index is 13.6. The fraction of sp³-hybridized carbons (Fsp3) is 0.429. The average molecular weight is 275 g/mol. The second-order valence-corrected chi connectivity index (χ2v) is 5.20. The summed E-state index contributed by atoms with van der Waals surface area (Å²) >= 11 is 0. The van der Waals surface area contributed by atoms with Crippen molar-refractivity contribution < 1.29 is 4.39 Å². The largest absolute Gasteiger partial charge is 0.338 e. The topological polar surface area (TPSA) is 70.8 Å². The van der Waals surface area contributed by atoms with Crippen molar-refractivity contribution in [1.29, 1.82) is 0 Å². The van der Waals surface area contributed by atoms with Crippen LogP contribution in [0.3, 0.4) is 0 Å². The van der Waals surface area contributed by atoms with E-state index in [2.05, 4.69) is 20.1 Å². The first kappa shape index (κ1) is 13.1. The van der Waals surface area contributed by atoms with Gasteiger partial charge in [-0.2, -0.15) is 4.98 Å². The quantitative estimate of drug-likeness (QED) is 0.889. The van der Waals surface area contributed by atoms with E-state index in [1.54, 1.807) is 12.1 Å². The highest BCUT2D eigenvalue weighted by molar-refractivity contribution is 5.31. The molecular weight excluding hydrogens is 257 g/mol. The molecule has 1 aliphatic heterocycles. The number of hydrogen-bond donors (Lipinski definition) is 2. The minimum atomic E-state index is -0.217. The van der Waals surface area contributed by atoms with E-state index in [-0.39, 0.29) is 11.9 Å². The Morgan fingerprint density at radius 2 is 2.25 bits per heavy atom. The standard InChI is InChI=1S/C14H18FN5/c15-12-6-2-1-4-10(12)8-13-17-14(19-18-13)20-7-3-5-11(16)9-20/h1-2,4,6,11H,3,5,7-9,16H2,(H,17,18,19). The Hall–Kier alpha value is -1.95. The highest BCUT2D eigenvalue weighted by atomic mass is 19.1. The third-order valence-corrected chi connectivity index (χ3v) is 3.58. The van der Waals surface area contributed by atoms with Gasteiger partial charge in [0.2, 0.25) is 5.95 Å². The zero-order chi connectivity index (χ0) is 13.9. The Kier molecular flexibility index (Phi) is 3.64. The van der Waals surface area contributed by atoms with Gasteiger partial charge in [0, 0.05) is 25.6 Å². The lowest BCUT2D eigenvalue weighted by Crippen LogP contribution is -2.43. The zero-order valence-corrected chi connectivity index (χ0v) is 11.2. The van der Waals surface area contributed by atoms with E-state index in [0.717, 1.165) is 25.9 Å². The van der Waals surface area contributed by atoms with E-state index in [9.17, 15) is 4.39 Å². The summed E-state index contributed by atoms with van der Waals surface area (Å²) in [5.74, 6) is 1.11. The molecule has 1 aromatic carbocycles. The van der Waals surface area contributed by atoms with Crippen molar-refractivity contribution in [3.8, 4) is 0 Å². The molecule has 1 aromatic heterocycles. The van der Waals surface area contributed by atoms with E-state index < -0.39 is 0 Å². The summed E-state index contributed by atoms with van der Waals surface area (Å²) in [6, 6.07) is 6.89. The van der Waals surface area contributed by atoms with Crippen LogP contribution in [0, 0.1) is 5.82 Å². The summed E-state index contributed by atoms with van der Waals surface area (Å²) in [6.45, 7) is 1.70. The molecule has 6 heteroatoms. The SMILES string of the molecule is NC1CCCN(c2n[nH]c(Cc3ccccc3F)n2)C1. The van der Waals surface area contributed by atoms with Gasteiger partial charge in [0.25, 0.3) is 0 Å². The number of H-pyrrole nitrogens is 1. The lowest BCUT2D eigenvalue weighted by molar-refractivity contribution is 0.500. The molecule has 20 heavy (non-hydrogen) atoms. The van der Waals surface area contributed by atoms with Crippen LogP contribution < -0.4 is 10.6 Å². The van der Waals surface area contributed by atoms with Crippen molar-refractivity contribution in [3.05, 3.63) is 41.5 Å².